The molecule has 8 nitrogen and oxygen atoms in total. The molecule has 0 unspecified atom stereocenters. The molecule has 0 spiro atoms. The molecule has 4 aromatic rings. The summed E-state index contributed by atoms with van der Waals surface area (Å²) >= 11 is 0. The molecule has 0 radical (unpaired) electrons. The molecule has 2 aromatic heterocycles. The van der Waals surface area contributed by atoms with E-state index < -0.39 is 5.82 Å². The van der Waals surface area contributed by atoms with Gasteiger partial charge in [0, 0.05) is 12.1 Å². The van der Waals surface area contributed by atoms with E-state index in [9.17, 15) is 14.8 Å². The van der Waals surface area contributed by atoms with Crippen LogP contribution in [0, 0.1) is 17.1 Å². The average Bonchev–Trinajstić information content (AvgIpc) is 3.18. The lowest BCUT2D eigenvalue weighted by Gasteiger charge is -2.19. The molecule has 0 aliphatic carbocycles. The molecule has 9 heteroatoms. The number of aliphatic hydroxyl groups is 1. The first-order valence-corrected chi connectivity index (χ1v) is 9.24. The van der Waals surface area contributed by atoms with E-state index in [0.717, 1.165) is 0 Å². The lowest BCUT2D eigenvalue weighted by atomic mass is 9.98. The molecule has 30 heavy (non-hydrogen) atoms. The molecule has 4 rings (SSSR count). The van der Waals surface area contributed by atoms with E-state index in [-0.39, 0.29) is 18.0 Å². The minimum absolute atomic E-state index is 0.0701. The van der Waals surface area contributed by atoms with Crippen LogP contribution in [0.4, 0.5) is 22.0 Å². The van der Waals surface area contributed by atoms with E-state index in [1.807, 2.05) is 13.0 Å². The van der Waals surface area contributed by atoms with Crippen molar-refractivity contribution in [3.63, 3.8) is 0 Å². The number of anilines is 3. The van der Waals surface area contributed by atoms with Crippen molar-refractivity contribution in [2.75, 3.05) is 17.2 Å². The number of aromatic nitrogens is 4. The molecule has 0 saturated heterocycles. The van der Waals surface area contributed by atoms with Gasteiger partial charge in [-0.15, -0.1) is 0 Å². The van der Waals surface area contributed by atoms with Gasteiger partial charge in [-0.05, 0) is 30.2 Å². The zero-order valence-electron chi connectivity index (χ0n) is 16.1. The summed E-state index contributed by atoms with van der Waals surface area (Å²) in [6.07, 6.45) is 1.28. The van der Waals surface area contributed by atoms with Crippen molar-refractivity contribution >= 4 is 28.6 Å². The summed E-state index contributed by atoms with van der Waals surface area (Å²) in [5.74, 6) is 0.314. The summed E-state index contributed by atoms with van der Waals surface area (Å²) in [6.45, 7) is 2.07. The predicted molar refractivity (Wildman–Crippen MR) is 111 cm³/mol. The van der Waals surface area contributed by atoms with Gasteiger partial charge in [0.25, 0.3) is 0 Å². The Kier molecular flexibility index (Phi) is 5.00. The maximum Gasteiger partial charge on any atom is 0.209 e. The number of H-pyrrole nitrogens is 1. The minimum Gasteiger partial charge on any atom is -0.392 e. The van der Waals surface area contributed by atoms with Gasteiger partial charge >= 0.3 is 0 Å². The van der Waals surface area contributed by atoms with Crippen LogP contribution in [0.1, 0.15) is 18.1 Å². The van der Waals surface area contributed by atoms with Gasteiger partial charge in [-0.25, -0.2) is 19.3 Å². The Morgan fingerprint density at radius 2 is 2.03 bits per heavy atom. The number of nitriles is 1. The molecular weight excluding hydrogens is 385 g/mol. The first-order chi connectivity index (χ1) is 14.6. The molecule has 0 bridgehead atoms. The van der Waals surface area contributed by atoms with Gasteiger partial charge < -0.3 is 15.8 Å². The average molecular weight is 403 g/mol. The number of aliphatic hydroxyl groups excluding tert-OH is 1. The van der Waals surface area contributed by atoms with Crippen molar-refractivity contribution in [3.8, 4) is 17.2 Å². The zero-order chi connectivity index (χ0) is 21.3. The van der Waals surface area contributed by atoms with Gasteiger partial charge in [-0.3, -0.25) is 4.90 Å². The standard InChI is InChI=1S/C21H18FN7O/c1-2-29(20-14(9-23)19(24)25-11-26-20)21-27-16-8-7-15(22)17(18(16)28-21)13-6-4-3-5-12(13)10-30/h3-8,11,30H,2,10H2,1H3,(H,27,28)(H2,24,25,26). The second kappa shape index (κ2) is 7.77. The van der Waals surface area contributed by atoms with E-state index >= 15 is 0 Å². The number of aromatic amines is 1. The first-order valence-electron chi connectivity index (χ1n) is 9.24. The normalized spacial score (nSPS) is 10.9. The molecular formula is C21H18FN7O. The number of hydrogen-bond donors (Lipinski definition) is 3. The fourth-order valence-corrected chi connectivity index (χ4v) is 3.43. The molecule has 0 aliphatic rings. The van der Waals surface area contributed by atoms with Crippen LogP contribution >= 0.6 is 0 Å². The molecule has 2 aromatic carbocycles. The maximum atomic E-state index is 14.9. The van der Waals surface area contributed by atoms with Gasteiger partial charge in [-0.1, -0.05) is 24.3 Å². The Morgan fingerprint density at radius 3 is 2.77 bits per heavy atom. The highest BCUT2D eigenvalue weighted by Crippen LogP contribution is 2.35. The number of nitrogens with zero attached hydrogens (tertiary/aromatic N) is 5. The highest BCUT2D eigenvalue weighted by Gasteiger charge is 2.22. The van der Waals surface area contributed by atoms with E-state index in [4.69, 9.17) is 5.73 Å². The molecule has 2 heterocycles. The highest BCUT2D eigenvalue weighted by molar-refractivity contribution is 5.94. The highest BCUT2D eigenvalue weighted by atomic mass is 19.1. The van der Waals surface area contributed by atoms with Gasteiger partial charge in [0.1, 0.15) is 35.1 Å². The summed E-state index contributed by atoms with van der Waals surface area (Å²) in [5, 5.41) is 19.2. The summed E-state index contributed by atoms with van der Waals surface area (Å²) in [4.78, 5) is 17.5. The molecule has 4 N–H and O–H groups in total. The van der Waals surface area contributed by atoms with Crippen LogP contribution in [0.2, 0.25) is 0 Å². The fourth-order valence-electron chi connectivity index (χ4n) is 3.43. The second-order valence-corrected chi connectivity index (χ2v) is 6.51. The summed E-state index contributed by atoms with van der Waals surface area (Å²) in [5.41, 5.74) is 8.42. The van der Waals surface area contributed by atoms with Crippen molar-refractivity contribution in [1.29, 1.82) is 5.26 Å². The SMILES string of the molecule is CCN(c1nc2c(-c3ccccc3CO)c(F)ccc2[nH]1)c1ncnc(N)c1C#N. The fraction of sp³-hybridized carbons (Fsp3) is 0.143. The number of fused-ring (bicyclic) bond motifs is 1. The van der Waals surface area contributed by atoms with Gasteiger partial charge in [0.2, 0.25) is 5.95 Å². The molecule has 150 valence electrons. The van der Waals surface area contributed by atoms with Crippen LogP contribution in [0.15, 0.2) is 42.7 Å². The zero-order valence-corrected chi connectivity index (χ0v) is 16.1. The van der Waals surface area contributed by atoms with E-state index in [1.165, 1.54) is 12.4 Å². The number of nitrogens with one attached hydrogen (secondary N) is 1. The topological polar surface area (TPSA) is 128 Å². The van der Waals surface area contributed by atoms with Crippen LogP contribution in [-0.2, 0) is 6.61 Å². The van der Waals surface area contributed by atoms with E-state index in [2.05, 4.69) is 19.9 Å². The second-order valence-electron chi connectivity index (χ2n) is 6.51. The van der Waals surface area contributed by atoms with Crippen molar-refractivity contribution < 1.29 is 9.50 Å². The van der Waals surface area contributed by atoms with E-state index in [0.29, 0.717) is 46.0 Å². The van der Waals surface area contributed by atoms with Gasteiger partial charge in [-0.2, -0.15) is 5.26 Å². The lowest BCUT2D eigenvalue weighted by molar-refractivity contribution is 0.282. The summed E-state index contributed by atoms with van der Waals surface area (Å²) in [6, 6.07) is 12.0. The Labute approximate surface area is 171 Å². The quantitative estimate of drug-likeness (QED) is 0.466. The van der Waals surface area contributed by atoms with Crippen LogP contribution in [0.25, 0.3) is 22.2 Å². The Bertz CT molecular complexity index is 1280. The van der Waals surface area contributed by atoms with Crippen LogP contribution < -0.4 is 10.6 Å². The number of rotatable bonds is 5. The van der Waals surface area contributed by atoms with Gasteiger partial charge in [0.05, 0.1) is 12.1 Å². The van der Waals surface area contributed by atoms with Crippen molar-refractivity contribution in [3.05, 3.63) is 59.7 Å². The largest absolute Gasteiger partial charge is 0.392 e. The maximum absolute atomic E-state index is 14.9. The third kappa shape index (κ3) is 3.09. The number of nitrogen functional groups attached to an aromatic ring is 1. The predicted octanol–water partition coefficient (Wildman–Crippen LogP) is 3.26. The summed E-state index contributed by atoms with van der Waals surface area (Å²) < 4.78 is 14.9. The van der Waals surface area contributed by atoms with E-state index in [1.54, 1.807) is 35.2 Å². The minimum atomic E-state index is -0.450. The Morgan fingerprint density at radius 1 is 1.23 bits per heavy atom. The van der Waals surface area contributed by atoms with Crippen molar-refractivity contribution in [2.45, 2.75) is 13.5 Å². The summed E-state index contributed by atoms with van der Waals surface area (Å²) in [7, 11) is 0. The number of benzene rings is 2. The molecule has 0 atom stereocenters. The third-order valence-corrected chi connectivity index (χ3v) is 4.84. The number of halogens is 1. The number of nitrogens with two attached hydrogens (primary N) is 1. The first kappa shape index (κ1) is 19.3. The molecule has 0 fully saturated rings. The Balaban J connectivity index is 1.93. The molecule has 0 amide bonds. The van der Waals surface area contributed by atoms with Crippen LogP contribution in [0.3, 0.4) is 0 Å². The van der Waals surface area contributed by atoms with Gasteiger partial charge in [0.15, 0.2) is 5.82 Å². The lowest BCUT2D eigenvalue weighted by Crippen LogP contribution is -2.20. The van der Waals surface area contributed by atoms with Crippen molar-refractivity contribution in [1.82, 2.24) is 19.9 Å². The third-order valence-electron chi connectivity index (χ3n) is 4.84. The Hall–Kier alpha value is -4.03. The monoisotopic (exact) mass is 403 g/mol. The van der Waals surface area contributed by atoms with Crippen molar-refractivity contribution in [2.24, 2.45) is 0 Å². The number of imidazole rings is 1. The molecule has 0 aliphatic heterocycles. The smallest absolute Gasteiger partial charge is 0.209 e. The molecule has 0 saturated carbocycles. The van der Waals surface area contributed by atoms with Crippen LogP contribution in [0.5, 0.6) is 0 Å². The van der Waals surface area contributed by atoms with Crippen LogP contribution in [-0.4, -0.2) is 31.6 Å². The number of hydrogen-bond acceptors (Lipinski definition) is 7.